The van der Waals surface area contributed by atoms with Gasteiger partial charge >= 0.3 is 5.97 Å². The monoisotopic (exact) mass is 417 g/mol. The highest BCUT2D eigenvalue weighted by Gasteiger charge is 2.28. The van der Waals surface area contributed by atoms with Crippen molar-refractivity contribution in [1.82, 2.24) is 4.72 Å². The highest BCUT2D eigenvalue weighted by Crippen LogP contribution is 2.35. The Bertz CT molecular complexity index is 900. The second-order valence-electron chi connectivity index (χ2n) is 6.00. The van der Waals surface area contributed by atoms with E-state index < -0.39 is 28.6 Å². The van der Waals surface area contributed by atoms with Crippen molar-refractivity contribution in [1.29, 1.82) is 0 Å². The van der Waals surface area contributed by atoms with Crippen LogP contribution in [0.3, 0.4) is 0 Å². The molecule has 0 saturated carbocycles. The molecular weight excluding hydrogens is 398 g/mol. The maximum absolute atomic E-state index is 12.8. The molecule has 1 heterocycles. The van der Waals surface area contributed by atoms with Crippen LogP contribution in [0, 0.1) is 0 Å². The van der Waals surface area contributed by atoms with Crippen LogP contribution in [0.15, 0.2) is 22.0 Å². The Hall–Kier alpha value is -2.17. The maximum Gasteiger partial charge on any atom is 0.328 e. The number of carbonyl (C=O) groups is 2. The van der Waals surface area contributed by atoms with Crippen molar-refractivity contribution in [3.05, 3.63) is 22.7 Å². The van der Waals surface area contributed by atoms with Crippen LogP contribution >= 0.6 is 11.6 Å². The predicted octanol–water partition coefficient (Wildman–Crippen LogP) is 0.781. The molecule has 1 aliphatic rings. The highest BCUT2D eigenvalue weighted by atomic mass is 35.5. The molecule has 0 radical (unpaired) electrons. The Morgan fingerprint density at radius 2 is 2.07 bits per heavy atom. The van der Waals surface area contributed by atoms with E-state index in [1.54, 1.807) is 0 Å². The van der Waals surface area contributed by atoms with Gasteiger partial charge in [0, 0.05) is 25.6 Å². The summed E-state index contributed by atoms with van der Waals surface area (Å²) in [5.74, 6) is -1.66. The second-order valence-corrected chi connectivity index (χ2v) is 8.06. The Morgan fingerprint density at radius 1 is 1.41 bits per heavy atom. The van der Waals surface area contributed by atoms with Crippen molar-refractivity contribution in [2.75, 3.05) is 18.1 Å². The van der Waals surface area contributed by atoms with Crippen LogP contribution in [0.2, 0.25) is 5.02 Å². The lowest BCUT2D eigenvalue weighted by atomic mass is 10.2. The van der Waals surface area contributed by atoms with Gasteiger partial charge in [0.25, 0.3) is 10.0 Å². The molecule has 1 aromatic carbocycles. The number of carboxylic acids is 1. The molecule has 2 rings (SSSR count). The molecule has 0 saturated heterocycles. The average molecular weight is 418 g/mol. The number of carboxylic acid groups (broad SMARTS) is 1. The minimum absolute atomic E-state index is 0.0266. The molecule has 1 aliphatic heterocycles. The Morgan fingerprint density at radius 3 is 2.63 bits per heavy atom. The number of sulfonamides is 1. The summed E-state index contributed by atoms with van der Waals surface area (Å²) in [6.07, 6.45) is 0.384. The molecule has 0 fully saturated rings. The van der Waals surface area contributed by atoms with E-state index in [9.17, 15) is 18.0 Å². The first-order valence-electron chi connectivity index (χ1n) is 8.10. The van der Waals surface area contributed by atoms with Crippen LogP contribution in [0.1, 0.15) is 25.8 Å². The van der Waals surface area contributed by atoms with Gasteiger partial charge in [0.05, 0.1) is 11.6 Å². The summed E-state index contributed by atoms with van der Waals surface area (Å²) in [6, 6.07) is 1.61. The van der Waals surface area contributed by atoms with Crippen LogP contribution in [-0.2, 0) is 26.0 Å². The number of nitrogens with one attached hydrogen (secondary N) is 1. The number of amides is 1. The van der Waals surface area contributed by atoms with Gasteiger partial charge in [-0.15, -0.1) is 0 Å². The number of benzene rings is 1. The smallest absolute Gasteiger partial charge is 0.328 e. The van der Waals surface area contributed by atoms with Crippen molar-refractivity contribution < 1.29 is 28.2 Å². The number of halogens is 1. The van der Waals surface area contributed by atoms with Crippen LogP contribution in [-0.4, -0.2) is 55.5 Å². The number of hydrogen-bond donors (Lipinski definition) is 3. The molecule has 3 N–H and O–H groups in total. The molecule has 1 aromatic rings. The fourth-order valence-corrected chi connectivity index (χ4v) is 4.32. The number of nitrogens with zero attached hydrogens (tertiary/aromatic N) is 2. The molecule has 1 amide bonds. The zero-order valence-electron chi connectivity index (χ0n) is 14.8. The van der Waals surface area contributed by atoms with Crippen molar-refractivity contribution in [3.63, 3.8) is 0 Å². The number of carbonyl (C=O) groups excluding carboxylic acids is 1. The van der Waals surface area contributed by atoms with Gasteiger partial charge in [0.1, 0.15) is 16.8 Å². The number of rotatable bonds is 6. The van der Waals surface area contributed by atoms with Crippen molar-refractivity contribution in [3.8, 4) is 0 Å². The zero-order chi connectivity index (χ0) is 20.4. The van der Waals surface area contributed by atoms with Crippen LogP contribution in [0.25, 0.3) is 0 Å². The summed E-state index contributed by atoms with van der Waals surface area (Å²) in [4.78, 5) is 27.7. The predicted molar refractivity (Wildman–Crippen MR) is 99.7 cm³/mol. The maximum atomic E-state index is 12.8. The van der Waals surface area contributed by atoms with E-state index in [-0.39, 0.29) is 28.1 Å². The summed E-state index contributed by atoms with van der Waals surface area (Å²) >= 11 is 6.13. The molecule has 0 spiro atoms. The van der Waals surface area contributed by atoms with E-state index in [1.165, 1.54) is 30.9 Å². The van der Waals surface area contributed by atoms with Crippen molar-refractivity contribution >= 4 is 45.0 Å². The van der Waals surface area contributed by atoms with E-state index in [0.29, 0.717) is 18.7 Å². The fourth-order valence-electron chi connectivity index (χ4n) is 2.67. The van der Waals surface area contributed by atoms with Gasteiger partial charge < -0.3 is 15.1 Å². The Labute approximate surface area is 161 Å². The van der Waals surface area contributed by atoms with Gasteiger partial charge in [-0.3, -0.25) is 14.5 Å². The number of anilines is 1. The second kappa shape index (κ2) is 8.24. The third-order valence-electron chi connectivity index (χ3n) is 4.01. The number of amidine groups is 1. The summed E-state index contributed by atoms with van der Waals surface area (Å²) in [7, 11) is -4.21. The van der Waals surface area contributed by atoms with Crippen LogP contribution in [0.4, 0.5) is 5.69 Å². The average Bonchev–Trinajstić information content (AvgIpc) is 2.96. The molecular formula is C16H20ClN3O6S. The lowest BCUT2D eigenvalue weighted by molar-refractivity contribution is -0.138. The van der Waals surface area contributed by atoms with E-state index >= 15 is 0 Å². The minimum atomic E-state index is -4.21. The van der Waals surface area contributed by atoms with Gasteiger partial charge in [-0.05, 0) is 31.0 Å². The van der Waals surface area contributed by atoms with Crippen molar-refractivity contribution in [2.45, 2.75) is 37.6 Å². The van der Waals surface area contributed by atoms with Gasteiger partial charge in [-0.2, -0.15) is 0 Å². The third kappa shape index (κ3) is 4.76. The molecule has 0 aliphatic carbocycles. The number of aliphatic hydroxyl groups is 1. The zero-order valence-corrected chi connectivity index (χ0v) is 16.3. The number of aliphatic carboxylic acids is 1. The first kappa shape index (κ1) is 21.1. The lowest BCUT2D eigenvalue weighted by Crippen LogP contribution is -2.33. The molecule has 9 nitrogen and oxygen atoms in total. The van der Waals surface area contributed by atoms with Gasteiger partial charge in [-0.1, -0.05) is 11.6 Å². The number of hydrogen-bond acceptors (Lipinski definition) is 6. The lowest BCUT2D eigenvalue weighted by Gasteiger charge is -2.17. The minimum Gasteiger partial charge on any atom is -0.480 e. The SMILES string of the molecule is CC(=O)N1CCc2cc(Cl)c(S(=O)(=O)NC(CCO)=NC(C)C(=O)O)cc21. The first-order chi connectivity index (χ1) is 12.6. The molecule has 1 atom stereocenters. The molecule has 148 valence electrons. The van der Waals surface area contributed by atoms with E-state index in [4.69, 9.17) is 21.8 Å². The quantitative estimate of drug-likeness (QED) is 0.462. The summed E-state index contributed by atoms with van der Waals surface area (Å²) in [5.41, 5.74) is 1.23. The van der Waals surface area contributed by atoms with Crippen LogP contribution < -0.4 is 9.62 Å². The highest BCUT2D eigenvalue weighted by molar-refractivity contribution is 7.90. The van der Waals surface area contributed by atoms with Crippen LogP contribution in [0.5, 0.6) is 0 Å². The third-order valence-corrected chi connectivity index (χ3v) is 5.85. The standard InChI is InChI=1S/C16H20ClN3O6S/c1-9(16(23)24)18-15(4-6-21)19-27(25,26)14-8-13-11(7-12(14)17)3-5-20(13)10(2)22/h7-9,21H,3-6H2,1-2H3,(H,18,19)(H,23,24). The molecule has 27 heavy (non-hydrogen) atoms. The largest absolute Gasteiger partial charge is 0.480 e. The Balaban J connectivity index is 2.42. The normalized spacial score (nSPS) is 15.4. The molecule has 1 unspecified atom stereocenters. The Kier molecular flexibility index (Phi) is 6.45. The van der Waals surface area contributed by atoms with E-state index in [0.717, 1.165) is 5.56 Å². The van der Waals surface area contributed by atoms with E-state index in [2.05, 4.69) is 9.71 Å². The van der Waals surface area contributed by atoms with Gasteiger partial charge in [-0.25, -0.2) is 13.2 Å². The number of aliphatic hydroxyl groups excluding tert-OH is 1. The topological polar surface area (TPSA) is 136 Å². The number of aliphatic imine (C=N–C) groups is 1. The van der Waals surface area contributed by atoms with Gasteiger partial charge in [0.2, 0.25) is 5.91 Å². The molecule has 0 bridgehead atoms. The molecule has 11 heteroatoms. The van der Waals surface area contributed by atoms with E-state index in [1.807, 2.05) is 0 Å². The summed E-state index contributed by atoms with van der Waals surface area (Å²) in [6.45, 7) is 2.67. The summed E-state index contributed by atoms with van der Waals surface area (Å²) < 4.78 is 27.7. The summed E-state index contributed by atoms with van der Waals surface area (Å²) in [5, 5.41) is 18.0. The van der Waals surface area contributed by atoms with Crippen molar-refractivity contribution in [2.24, 2.45) is 4.99 Å². The van der Waals surface area contributed by atoms with Gasteiger partial charge in [0.15, 0.2) is 0 Å². The fraction of sp³-hybridized carbons (Fsp3) is 0.438. The molecule has 0 aromatic heterocycles. The first-order valence-corrected chi connectivity index (χ1v) is 9.96. The number of fused-ring (bicyclic) bond motifs is 1.